The summed E-state index contributed by atoms with van der Waals surface area (Å²) in [6.45, 7) is 1.72. The minimum Gasteiger partial charge on any atom is -0.342 e. The molecule has 1 N–H and O–H groups in total. The van der Waals surface area contributed by atoms with Crippen molar-refractivity contribution in [2.75, 3.05) is 20.1 Å². The van der Waals surface area contributed by atoms with Crippen LogP contribution in [0.25, 0.3) is 0 Å². The number of piperidine rings is 1. The van der Waals surface area contributed by atoms with Gasteiger partial charge in [-0.15, -0.1) is 0 Å². The second kappa shape index (κ2) is 5.52. The van der Waals surface area contributed by atoms with Crippen LogP contribution < -0.4 is 5.32 Å². The van der Waals surface area contributed by atoms with E-state index in [1.807, 2.05) is 11.9 Å². The lowest BCUT2D eigenvalue weighted by Gasteiger charge is -2.32. The molecule has 0 radical (unpaired) electrons. The lowest BCUT2D eigenvalue weighted by atomic mass is 10.0. The number of likely N-dealkylation sites (tertiary alicyclic amines) is 1. The summed E-state index contributed by atoms with van der Waals surface area (Å²) in [6, 6.07) is 7.12. The molecule has 1 aromatic rings. The zero-order valence-corrected chi connectivity index (χ0v) is 11.8. The van der Waals surface area contributed by atoms with Gasteiger partial charge in [-0.3, -0.25) is 4.79 Å². The fraction of sp³-hybridized carbons (Fsp3) is 0.562. The molecule has 0 spiro atoms. The van der Waals surface area contributed by atoms with Crippen molar-refractivity contribution in [3.05, 3.63) is 35.6 Å². The molecule has 1 saturated carbocycles. The number of hydrogen-bond acceptors (Lipinski definition) is 2. The van der Waals surface area contributed by atoms with E-state index in [1.165, 1.54) is 12.1 Å². The Morgan fingerprint density at radius 2 is 1.90 bits per heavy atom. The van der Waals surface area contributed by atoms with Crippen LogP contribution in [0.15, 0.2) is 24.3 Å². The molecule has 2 unspecified atom stereocenters. The molecule has 3 nitrogen and oxygen atoms in total. The fourth-order valence-electron chi connectivity index (χ4n) is 3.17. The van der Waals surface area contributed by atoms with Gasteiger partial charge in [0.2, 0.25) is 5.91 Å². The minimum absolute atomic E-state index is 0.117. The first-order chi connectivity index (χ1) is 9.69. The van der Waals surface area contributed by atoms with E-state index in [9.17, 15) is 9.18 Å². The lowest BCUT2D eigenvalue weighted by molar-refractivity contribution is -0.133. The number of carbonyl (C=O) groups is 1. The summed E-state index contributed by atoms with van der Waals surface area (Å²) in [7, 11) is 1.98. The van der Waals surface area contributed by atoms with E-state index in [-0.39, 0.29) is 17.6 Å². The number of nitrogens with one attached hydrogen (secondary N) is 1. The van der Waals surface area contributed by atoms with Crippen molar-refractivity contribution in [2.45, 2.75) is 31.2 Å². The highest BCUT2D eigenvalue weighted by Gasteiger charge is 2.46. The van der Waals surface area contributed by atoms with Crippen LogP contribution in [0, 0.1) is 11.7 Å². The molecular weight excluding hydrogens is 255 g/mol. The van der Waals surface area contributed by atoms with Crippen molar-refractivity contribution in [3.63, 3.8) is 0 Å². The molecule has 1 aliphatic carbocycles. The number of carbonyl (C=O) groups excluding carboxylic acids is 1. The van der Waals surface area contributed by atoms with Crippen LogP contribution in [0.1, 0.15) is 30.7 Å². The number of nitrogens with zero attached hydrogens (tertiary/aromatic N) is 1. The van der Waals surface area contributed by atoms with Crippen molar-refractivity contribution in [2.24, 2.45) is 5.92 Å². The molecule has 3 rings (SSSR count). The number of hydrogen-bond donors (Lipinski definition) is 1. The van der Waals surface area contributed by atoms with Gasteiger partial charge >= 0.3 is 0 Å². The van der Waals surface area contributed by atoms with Gasteiger partial charge in [0.1, 0.15) is 5.82 Å². The third-order valence-electron chi connectivity index (χ3n) is 4.62. The summed E-state index contributed by atoms with van der Waals surface area (Å²) in [6.07, 6.45) is 2.99. The van der Waals surface area contributed by atoms with E-state index in [2.05, 4.69) is 5.32 Å². The van der Waals surface area contributed by atoms with Crippen LogP contribution in [-0.4, -0.2) is 37.0 Å². The number of halogens is 1. The van der Waals surface area contributed by atoms with Crippen LogP contribution in [0.5, 0.6) is 0 Å². The quantitative estimate of drug-likeness (QED) is 0.917. The Morgan fingerprint density at radius 3 is 2.50 bits per heavy atom. The van der Waals surface area contributed by atoms with Gasteiger partial charge in [0, 0.05) is 25.0 Å². The van der Waals surface area contributed by atoms with E-state index in [0.717, 1.165) is 37.9 Å². The van der Waals surface area contributed by atoms with Crippen LogP contribution in [-0.2, 0) is 4.79 Å². The van der Waals surface area contributed by atoms with E-state index in [1.54, 1.807) is 12.1 Å². The third-order valence-corrected chi connectivity index (χ3v) is 4.62. The van der Waals surface area contributed by atoms with E-state index in [0.29, 0.717) is 12.0 Å². The van der Waals surface area contributed by atoms with Crippen molar-refractivity contribution < 1.29 is 9.18 Å². The van der Waals surface area contributed by atoms with Gasteiger partial charge < -0.3 is 10.2 Å². The molecule has 1 aromatic carbocycles. The molecule has 2 aliphatic rings. The number of rotatable bonds is 3. The summed E-state index contributed by atoms with van der Waals surface area (Å²) in [5.74, 6) is 0.483. The van der Waals surface area contributed by atoms with Crippen molar-refractivity contribution in [3.8, 4) is 0 Å². The second-order valence-electron chi connectivity index (χ2n) is 5.89. The average molecular weight is 276 g/mol. The van der Waals surface area contributed by atoms with Gasteiger partial charge in [-0.2, -0.15) is 0 Å². The molecule has 2 fully saturated rings. The molecule has 108 valence electrons. The van der Waals surface area contributed by atoms with Gasteiger partial charge in [0.15, 0.2) is 0 Å². The topological polar surface area (TPSA) is 32.3 Å². The molecular formula is C16H21FN2O. The number of benzene rings is 1. The third kappa shape index (κ3) is 2.70. The summed E-state index contributed by atoms with van der Waals surface area (Å²) < 4.78 is 12.9. The van der Waals surface area contributed by atoms with Crippen molar-refractivity contribution in [1.82, 2.24) is 10.2 Å². The highest BCUT2D eigenvalue weighted by atomic mass is 19.1. The first-order valence-corrected chi connectivity index (χ1v) is 7.40. The SMILES string of the molecule is CNC1CCN(C(=O)C2CC2c2ccc(F)cc2)CC1. The Labute approximate surface area is 119 Å². The molecule has 1 aliphatic heterocycles. The maximum absolute atomic E-state index is 12.9. The zero-order valence-electron chi connectivity index (χ0n) is 11.8. The highest BCUT2D eigenvalue weighted by molar-refractivity contribution is 5.83. The zero-order chi connectivity index (χ0) is 14.1. The summed E-state index contributed by atoms with van der Waals surface area (Å²) >= 11 is 0. The van der Waals surface area contributed by atoms with Crippen LogP contribution >= 0.6 is 0 Å². The summed E-state index contributed by atoms with van der Waals surface area (Å²) in [5.41, 5.74) is 1.09. The maximum atomic E-state index is 12.9. The Bertz CT molecular complexity index is 480. The first kappa shape index (κ1) is 13.6. The van der Waals surface area contributed by atoms with Crippen molar-refractivity contribution >= 4 is 5.91 Å². The lowest BCUT2D eigenvalue weighted by Crippen LogP contribution is -2.44. The smallest absolute Gasteiger partial charge is 0.226 e. The monoisotopic (exact) mass is 276 g/mol. The second-order valence-corrected chi connectivity index (χ2v) is 5.89. The Hall–Kier alpha value is -1.42. The van der Waals surface area contributed by atoms with E-state index >= 15 is 0 Å². The predicted molar refractivity (Wildman–Crippen MR) is 75.9 cm³/mol. The largest absolute Gasteiger partial charge is 0.342 e. The van der Waals surface area contributed by atoms with Crippen molar-refractivity contribution in [1.29, 1.82) is 0 Å². The summed E-state index contributed by atoms with van der Waals surface area (Å²) in [5, 5.41) is 3.27. The van der Waals surface area contributed by atoms with Crippen LogP contribution in [0.2, 0.25) is 0 Å². The Balaban J connectivity index is 1.56. The molecule has 2 atom stereocenters. The highest BCUT2D eigenvalue weighted by Crippen LogP contribution is 2.48. The van der Waals surface area contributed by atoms with Gasteiger partial charge in [0.05, 0.1) is 0 Å². The van der Waals surface area contributed by atoms with Gasteiger partial charge in [-0.05, 0) is 49.9 Å². The molecule has 0 bridgehead atoms. The van der Waals surface area contributed by atoms with E-state index < -0.39 is 0 Å². The molecule has 1 heterocycles. The Kier molecular flexibility index (Phi) is 3.74. The van der Waals surface area contributed by atoms with Gasteiger partial charge in [-0.25, -0.2) is 4.39 Å². The number of amides is 1. The minimum atomic E-state index is -0.216. The summed E-state index contributed by atoms with van der Waals surface area (Å²) in [4.78, 5) is 14.4. The molecule has 20 heavy (non-hydrogen) atoms. The standard InChI is InChI=1S/C16H21FN2O/c1-18-13-6-8-19(9-7-13)16(20)15-10-14(15)11-2-4-12(17)5-3-11/h2-5,13-15,18H,6-10H2,1H3. The van der Waals surface area contributed by atoms with Crippen LogP contribution in [0.4, 0.5) is 4.39 Å². The van der Waals surface area contributed by atoms with Gasteiger partial charge in [0.25, 0.3) is 0 Å². The van der Waals surface area contributed by atoms with Crippen LogP contribution in [0.3, 0.4) is 0 Å². The Morgan fingerprint density at radius 1 is 1.25 bits per heavy atom. The molecule has 1 amide bonds. The maximum Gasteiger partial charge on any atom is 0.226 e. The normalized spacial score (nSPS) is 26.6. The van der Waals surface area contributed by atoms with Gasteiger partial charge in [-0.1, -0.05) is 12.1 Å². The first-order valence-electron chi connectivity index (χ1n) is 7.40. The molecule has 0 aromatic heterocycles. The average Bonchev–Trinajstić information content (AvgIpc) is 3.28. The molecule has 1 saturated heterocycles. The fourth-order valence-corrected chi connectivity index (χ4v) is 3.17. The van der Waals surface area contributed by atoms with E-state index in [4.69, 9.17) is 0 Å². The predicted octanol–water partition coefficient (Wildman–Crippen LogP) is 2.14. The molecule has 4 heteroatoms.